The van der Waals surface area contributed by atoms with Gasteiger partial charge >= 0.3 is 0 Å². The number of benzene rings is 1. The maximum atomic E-state index is 13.4. The summed E-state index contributed by atoms with van der Waals surface area (Å²) in [5.74, 6) is -0.256. The van der Waals surface area contributed by atoms with Crippen LogP contribution in [0.1, 0.15) is 12.0 Å². The molecule has 1 amide bonds. The van der Waals surface area contributed by atoms with Crippen LogP contribution in [0.2, 0.25) is 0 Å². The largest absolute Gasteiger partial charge is 0.374 e. The third-order valence-electron chi connectivity index (χ3n) is 3.64. The number of amides is 1. The van der Waals surface area contributed by atoms with Gasteiger partial charge < -0.3 is 15.0 Å². The number of nitrogens with one attached hydrogen (secondary N) is 1. The minimum atomic E-state index is -0.305. The van der Waals surface area contributed by atoms with Gasteiger partial charge in [0.1, 0.15) is 5.82 Å². The average Bonchev–Trinajstić information content (AvgIpc) is 2.43. The number of halogens is 1. The summed E-state index contributed by atoms with van der Waals surface area (Å²) in [6, 6.07) is 4.66. The van der Waals surface area contributed by atoms with E-state index in [0.29, 0.717) is 31.7 Å². The van der Waals surface area contributed by atoms with E-state index in [-0.39, 0.29) is 17.8 Å². The number of anilines is 1. The minimum Gasteiger partial charge on any atom is -0.374 e. The van der Waals surface area contributed by atoms with Crippen LogP contribution < -0.4 is 10.2 Å². The second-order valence-corrected chi connectivity index (χ2v) is 4.97. The molecule has 2 aliphatic rings. The van der Waals surface area contributed by atoms with E-state index in [4.69, 9.17) is 4.74 Å². The zero-order chi connectivity index (χ0) is 13.2. The van der Waals surface area contributed by atoms with Crippen LogP contribution in [-0.2, 0) is 16.0 Å². The summed E-state index contributed by atoms with van der Waals surface area (Å²) in [4.78, 5) is 13.7. The summed E-state index contributed by atoms with van der Waals surface area (Å²) in [6.45, 7) is 2.72. The highest BCUT2D eigenvalue weighted by molar-refractivity contribution is 5.96. The fraction of sp³-hybridized carbons (Fsp3) is 0.500. The van der Waals surface area contributed by atoms with E-state index in [2.05, 4.69) is 5.32 Å². The predicted octanol–water partition coefficient (Wildman–Crippen LogP) is 1.09. The van der Waals surface area contributed by atoms with Crippen LogP contribution in [0.15, 0.2) is 18.2 Å². The van der Waals surface area contributed by atoms with Gasteiger partial charge in [0, 0.05) is 25.2 Å². The van der Waals surface area contributed by atoms with Gasteiger partial charge in [-0.1, -0.05) is 6.07 Å². The van der Waals surface area contributed by atoms with E-state index in [1.807, 2.05) is 0 Å². The van der Waals surface area contributed by atoms with Gasteiger partial charge in [0.15, 0.2) is 0 Å². The molecule has 0 spiro atoms. The van der Waals surface area contributed by atoms with E-state index in [0.717, 1.165) is 18.7 Å². The highest BCUT2D eigenvalue weighted by Crippen LogP contribution is 2.29. The van der Waals surface area contributed by atoms with Gasteiger partial charge in [-0.25, -0.2) is 4.39 Å². The third-order valence-corrected chi connectivity index (χ3v) is 3.64. The molecular formula is C14H17FN2O2. The number of morpholine rings is 1. The van der Waals surface area contributed by atoms with Gasteiger partial charge in [-0.3, -0.25) is 4.79 Å². The van der Waals surface area contributed by atoms with Crippen molar-refractivity contribution in [1.82, 2.24) is 5.32 Å². The standard InChI is InChI=1S/C14H17FN2O2/c15-11-3-1-10-2-4-14(18)17(13(10)7-11)9-12-8-16-5-6-19-12/h1,3,7,12,16H,2,4-6,8-9H2. The molecule has 0 bridgehead atoms. The molecule has 19 heavy (non-hydrogen) atoms. The molecule has 4 nitrogen and oxygen atoms in total. The first kappa shape index (κ1) is 12.6. The second kappa shape index (κ2) is 5.27. The Kier molecular flexibility index (Phi) is 3.48. The molecule has 3 rings (SSSR count). The summed E-state index contributed by atoms with van der Waals surface area (Å²) >= 11 is 0. The topological polar surface area (TPSA) is 41.6 Å². The van der Waals surface area contributed by atoms with Crippen molar-refractivity contribution in [3.05, 3.63) is 29.6 Å². The lowest BCUT2D eigenvalue weighted by Crippen LogP contribution is -2.48. The van der Waals surface area contributed by atoms with Gasteiger partial charge in [0.25, 0.3) is 0 Å². The molecule has 0 aliphatic carbocycles. The Bertz CT molecular complexity index is 486. The Morgan fingerprint density at radius 3 is 3.11 bits per heavy atom. The quantitative estimate of drug-likeness (QED) is 0.869. The van der Waals surface area contributed by atoms with Crippen LogP contribution >= 0.6 is 0 Å². The zero-order valence-corrected chi connectivity index (χ0v) is 10.7. The predicted molar refractivity (Wildman–Crippen MR) is 69.7 cm³/mol. The summed E-state index contributed by atoms with van der Waals surface area (Å²) < 4.78 is 19.0. The summed E-state index contributed by atoms with van der Waals surface area (Å²) in [5.41, 5.74) is 1.73. The maximum Gasteiger partial charge on any atom is 0.227 e. The van der Waals surface area contributed by atoms with Crippen molar-refractivity contribution in [3.63, 3.8) is 0 Å². The monoisotopic (exact) mass is 264 g/mol. The van der Waals surface area contributed by atoms with Gasteiger partial charge in [-0.15, -0.1) is 0 Å². The summed E-state index contributed by atoms with van der Waals surface area (Å²) in [7, 11) is 0. The number of aryl methyl sites for hydroxylation is 1. The molecule has 0 saturated carbocycles. The normalized spacial score (nSPS) is 23.3. The lowest BCUT2D eigenvalue weighted by molar-refractivity contribution is -0.119. The third kappa shape index (κ3) is 2.62. The number of carbonyl (C=O) groups is 1. The fourth-order valence-electron chi connectivity index (χ4n) is 2.65. The van der Waals surface area contributed by atoms with Crippen molar-refractivity contribution in [2.45, 2.75) is 18.9 Å². The highest BCUT2D eigenvalue weighted by Gasteiger charge is 2.27. The molecule has 1 N–H and O–H groups in total. The molecular weight excluding hydrogens is 247 g/mol. The number of nitrogens with zero attached hydrogens (tertiary/aromatic N) is 1. The summed E-state index contributed by atoms with van der Waals surface area (Å²) in [5, 5.41) is 3.24. The van der Waals surface area contributed by atoms with Crippen LogP contribution in [-0.4, -0.2) is 38.3 Å². The molecule has 1 atom stereocenters. The molecule has 102 valence electrons. The molecule has 0 aromatic heterocycles. The number of fused-ring (bicyclic) bond motifs is 1. The zero-order valence-electron chi connectivity index (χ0n) is 10.7. The SMILES string of the molecule is O=C1CCc2ccc(F)cc2N1CC1CNCCO1. The van der Waals surface area contributed by atoms with Gasteiger partial charge in [-0.2, -0.15) is 0 Å². The molecule has 1 saturated heterocycles. The molecule has 1 aromatic carbocycles. The van der Waals surface area contributed by atoms with E-state index in [1.165, 1.54) is 12.1 Å². The maximum absolute atomic E-state index is 13.4. The molecule has 2 aliphatic heterocycles. The van der Waals surface area contributed by atoms with Crippen LogP contribution in [0.25, 0.3) is 0 Å². The minimum absolute atomic E-state index is 0.0214. The Labute approximate surface area is 111 Å². The van der Waals surface area contributed by atoms with Crippen LogP contribution in [0.5, 0.6) is 0 Å². The van der Waals surface area contributed by atoms with Crippen molar-refractivity contribution in [3.8, 4) is 0 Å². The molecule has 1 aromatic rings. The number of carbonyl (C=O) groups excluding carboxylic acids is 1. The van der Waals surface area contributed by atoms with Crippen molar-refractivity contribution in [2.75, 3.05) is 31.1 Å². The number of hydrogen-bond donors (Lipinski definition) is 1. The lowest BCUT2D eigenvalue weighted by Gasteiger charge is -2.34. The van der Waals surface area contributed by atoms with E-state index in [1.54, 1.807) is 11.0 Å². The van der Waals surface area contributed by atoms with Crippen LogP contribution in [0.4, 0.5) is 10.1 Å². The van der Waals surface area contributed by atoms with E-state index >= 15 is 0 Å². The first-order valence-corrected chi connectivity index (χ1v) is 6.65. The molecule has 1 unspecified atom stereocenters. The first-order chi connectivity index (χ1) is 9.24. The fourth-order valence-corrected chi connectivity index (χ4v) is 2.65. The van der Waals surface area contributed by atoms with Gasteiger partial charge in [0.05, 0.1) is 19.3 Å². The van der Waals surface area contributed by atoms with Crippen LogP contribution in [0, 0.1) is 5.82 Å². The van der Waals surface area contributed by atoms with E-state index in [9.17, 15) is 9.18 Å². The molecule has 2 heterocycles. The van der Waals surface area contributed by atoms with Crippen molar-refractivity contribution in [1.29, 1.82) is 0 Å². The van der Waals surface area contributed by atoms with Gasteiger partial charge in [0.2, 0.25) is 5.91 Å². The number of rotatable bonds is 2. The molecule has 1 fully saturated rings. The Morgan fingerprint density at radius 2 is 2.32 bits per heavy atom. The molecule has 0 radical (unpaired) electrons. The Morgan fingerprint density at radius 1 is 1.42 bits per heavy atom. The van der Waals surface area contributed by atoms with Crippen molar-refractivity contribution >= 4 is 11.6 Å². The Balaban J connectivity index is 1.83. The summed E-state index contributed by atoms with van der Waals surface area (Å²) in [6.07, 6.45) is 1.15. The number of hydrogen-bond acceptors (Lipinski definition) is 3. The lowest BCUT2D eigenvalue weighted by atomic mass is 10.0. The second-order valence-electron chi connectivity index (χ2n) is 4.97. The molecule has 5 heteroatoms. The van der Waals surface area contributed by atoms with Crippen molar-refractivity contribution in [2.24, 2.45) is 0 Å². The smallest absolute Gasteiger partial charge is 0.227 e. The first-order valence-electron chi connectivity index (χ1n) is 6.65. The van der Waals surface area contributed by atoms with Crippen molar-refractivity contribution < 1.29 is 13.9 Å². The Hall–Kier alpha value is -1.46. The average molecular weight is 264 g/mol. The van der Waals surface area contributed by atoms with E-state index < -0.39 is 0 Å². The number of ether oxygens (including phenoxy) is 1. The van der Waals surface area contributed by atoms with Gasteiger partial charge in [-0.05, 0) is 24.1 Å². The van der Waals surface area contributed by atoms with Crippen LogP contribution in [0.3, 0.4) is 0 Å². The highest BCUT2D eigenvalue weighted by atomic mass is 19.1.